The van der Waals surface area contributed by atoms with E-state index in [4.69, 9.17) is 47.9 Å². The summed E-state index contributed by atoms with van der Waals surface area (Å²) in [5.41, 5.74) is 8.66. The molecule has 6 aliphatic rings. The number of carbonyl (C=O) groups excluding carboxylic acids is 6. The lowest BCUT2D eigenvalue weighted by molar-refractivity contribution is -0.136. The first-order valence-electron chi connectivity index (χ1n) is 27.9. The van der Waals surface area contributed by atoms with E-state index in [1.165, 1.54) is 14.2 Å². The molecule has 0 radical (unpaired) electrons. The third kappa shape index (κ3) is 10.9. The number of alkyl carbamates (subject to hydrolysis) is 2. The molecular weight excluding hydrogens is 1080 g/mol. The van der Waals surface area contributed by atoms with Crippen LogP contribution >= 0.6 is 0 Å². The van der Waals surface area contributed by atoms with Crippen LogP contribution in [0.4, 0.5) is 19.2 Å². The Morgan fingerprint density at radius 1 is 0.571 bits per heavy atom. The SMILES string of the molecule is COC(=O)NC(C(=O)N1C[C@H](OC(=O)N2Cc3cc4c(cc3C2)OCO4)C[C@H]1c1nc(-c2ccc(-c3ccc(-c4cnc([C@@H]5C[C@@H](OC(=O)N6Cc7cc8c(cc7C6)OCO8)CN5C(=O)[C@@H](NC(=O)OC)C(C)C)[nH]4)cc3)cc2)c[nH]1)C(C)C. The molecule has 0 saturated carbocycles. The summed E-state index contributed by atoms with van der Waals surface area (Å²) < 4.78 is 44.1. The summed E-state index contributed by atoms with van der Waals surface area (Å²) in [4.78, 5) is 104. The fraction of sp³-hybridized carbons (Fsp3) is 0.400. The zero-order chi connectivity index (χ0) is 58.5. The highest BCUT2D eigenvalue weighted by atomic mass is 16.7. The average Bonchev–Trinajstić information content (AvgIpc) is 4.53. The predicted octanol–water partition coefficient (Wildman–Crippen LogP) is 7.94. The Kier molecular flexibility index (Phi) is 14.9. The summed E-state index contributed by atoms with van der Waals surface area (Å²) in [7, 11) is 2.48. The second-order valence-corrected chi connectivity index (χ2v) is 22.4. The van der Waals surface area contributed by atoms with E-state index in [-0.39, 0.29) is 63.2 Å². The van der Waals surface area contributed by atoms with Gasteiger partial charge in [0.15, 0.2) is 23.0 Å². The van der Waals surface area contributed by atoms with E-state index in [0.29, 0.717) is 72.2 Å². The molecule has 24 nitrogen and oxygen atoms in total. The van der Waals surface area contributed by atoms with Crippen molar-refractivity contribution >= 4 is 36.2 Å². The quantitative estimate of drug-likeness (QED) is 0.0799. The van der Waals surface area contributed by atoms with Crippen LogP contribution in [-0.4, -0.2) is 141 Å². The molecule has 2 saturated heterocycles. The van der Waals surface area contributed by atoms with Gasteiger partial charge in [0.05, 0.1) is 57.0 Å². The molecule has 2 aromatic heterocycles. The standard InChI is InChI=1S/C60H64N10O14/c1-31(2)51(65-57(73)77-5)55(71)69-27-41(83-59(75)67-23-37-15-47-48(80-29-79-47)16-38(37)24-67)19-45(69)53-61-21-43(63-53)35-11-7-33(8-12-35)34-9-13-36(14-10-34)44-22-62-54(64-44)46-20-42(28-70(46)56(72)52(32(3)4)66-58(74)78-6)84-60(76)68-25-39-17-49-50(82-30-81-49)18-40(39)26-68/h7-18,21-22,31-32,41-42,45-46,51-52H,19-20,23-30H2,1-6H3,(H,61,63)(H,62,64)(H,65,73)(H,66,74)/t41-,42-,45+,46+,51+,52?/m1/s1. The Morgan fingerprint density at radius 3 is 1.39 bits per heavy atom. The van der Waals surface area contributed by atoms with E-state index in [0.717, 1.165) is 44.5 Å². The number of nitrogens with one attached hydrogen (secondary N) is 4. The highest BCUT2D eigenvalue weighted by Gasteiger charge is 2.46. The Hall–Kier alpha value is -9.48. The van der Waals surface area contributed by atoms with Gasteiger partial charge in [-0.3, -0.25) is 19.4 Å². The van der Waals surface area contributed by atoms with Crippen molar-refractivity contribution in [2.75, 3.05) is 40.9 Å². The topological polar surface area (TPSA) is 271 Å². The smallest absolute Gasteiger partial charge is 0.410 e. The molecule has 1 unspecified atom stereocenters. The minimum Gasteiger partial charge on any atom is -0.454 e. The van der Waals surface area contributed by atoms with Gasteiger partial charge in [0.2, 0.25) is 25.4 Å². The fourth-order valence-corrected chi connectivity index (χ4v) is 11.8. The number of likely N-dealkylation sites (tertiary alicyclic amines) is 2. The first kappa shape index (κ1) is 55.1. The number of nitrogens with zero attached hydrogens (tertiary/aromatic N) is 6. The van der Waals surface area contributed by atoms with Gasteiger partial charge in [0.1, 0.15) is 35.9 Å². The number of benzene rings is 4. The molecule has 0 aliphatic carbocycles. The molecule has 0 bridgehead atoms. The van der Waals surface area contributed by atoms with Gasteiger partial charge >= 0.3 is 24.4 Å². The minimum absolute atomic E-state index is 0.0734. The Balaban J connectivity index is 0.721. The van der Waals surface area contributed by atoms with E-state index in [1.807, 2.05) is 100 Å². The lowest BCUT2D eigenvalue weighted by Gasteiger charge is -2.29. The van der Waals surface area contributed by atoms with Crippen LogP contribution in [0.2, 0.25) is 0 Å². The summed E-state index contributed by atoms with van der Waals surface area (Å²) in [5.74, 6) is 2.22. The number of aromatic nitrogens is 4. The lowest BCUT2D eigenvalue weighted by Crippen LogP contribution is -2.51. The second-order valence-electron chi connectivity index (χ2n) is 22.4. The molecule has 438 valence electrons. The molecule has 4 N–H and O–H groups in total. The van der Waals surface area contributed by atoms with Crippen molar-refractivity contribution in [1.29, 1.82) is 0 Å². The van der Waals surface area contributed by atoms with Crippen molar-refractivity contribution in [3.63, 3.8) is 0 Å². The van der Waals surface area contributed by atoms with Crippen LogP contribution in [0.3, 0.4) is 0 Å². The van der Waals surface area contributed by atoms with Crippen LogP contribution < -0.4 is 29.6 Å². The Morgan fingerprint density at radius 2 is 0.976 bits per heavy atom. The van der Waals surface area contributed by atoms with Crippen LogP contribution in [0.15, 0.2) is 85.2 Å². The van der Waals surface area contributed by atoms with Crippen LogP contribution in [0, 0.1) is 11.8 Å². The number of imidazole rings is 2. The van der Waals surface area contributed by atoms with Gasteiger partial charge in [-0.05, 0) is 75.0 Å². The molecule has 4 aromatic carbocycles. The molecule has 6 aromatic rings. The van der Waals surface area contributed by atoms with Gasteiger partial charge < -0.3 is 68.3 Å². The van der Waals surface area contributed by atoms with Gasteiger partial charge in [0.25, 0.3) is 0 Å². The molecule has 6 atom stereocenters. The van der Waals surface area contributed by atoms with E-state index in [9.17, 15) is 28.8 Å². The number of fused-ring (bicyclic) bond motifs is 4. The Bertz CT molecular complexity index is 3230. The third-order valence-electron chi connectivity index (χ3n) is 16.3. The minimum atomic E-state index is -0.925. The van der Waals surface area contributed by atoms with E-state index < -0.39 is 60.7 Å². The molecule has 84 heavy (non-hydrogen) atoms. The summed E-state index contributed by atoms with van der Waals surface area (Å²) in [6.07, 6.45) is 0.129. The first-order chi connectivity index (χ1) is 40.6. The van der Waals surface area contributed by atoms with Crippen LogP contribution in [0.25, 0.3) is 33.6 Å². The number of carbonyl (C=O) groups is 6. The summed E-state index contributed by atoms with van der Waals surface area (Å²) in [6.45, 7) is 9.11. The van der Waals surface area contributed by atoms with Crippen LogP contribution in [0.1, 0.15) is 86.5 Å². The van der Waals surface area contributed by atoms with Gasteiger partial charge in [-0.1, -0.05) is 76.2 Å². The normalized spacial score (nSPS) is 19.8. The maximum atomic E-state index is 14.4. The number of methoxy groups -OCH3 is 2. The number of ether oxygens (including phenoxy) is 8. The molecule has 12 rings (SSSR count). The first-order valence-corrected chi connectivity index (χ1v) is 27.9. The highest BCUT2D eigenvalue weighted by molar-refractivity contribution is 5.87. The number of rotatable bonds is 13. The van der Waals surface area contributed by atoms with Crippen molar-refractivity contribution in [1.82, 2.24) is 50.2 Å². The summed E-state index contributed by atoms with van der Waals surface area (Å²) in [5, 5.41) is 5.37. The van der Waals surface area contributed by atoms with Gasteiger partial charge in [-0.2, -0.15) is 0 Å². The molecule has 8 heterocycles. The number of aromatic amines is 2. The largest absolute Gasteiger partial charge is 0.454 e. The summed E-state index contributed by atoms with van der Waals surface area (Å²) >= 11 is 0. The van der Waals surface area contributed by atoms with Gasteiger partial charge in [-0.15, -0.1) is 0 Å². The predicted molar refractivity (Wildman–Crippen MR) is 298 cm³/mol. The molecule has 0 spiro atoms. The van der Waals surface area contributed by atoms with Crippen molar-refractivity contribution in [3.05, 3.63) is 119 Å². The zero-order valence-corrected chi connectivity index (χ0v) is 47.2. The number of hydrogen-bond acceptors (Lipinski definition) is 16. The Labute approximate surface area is 483 Å². The van der Waals surface area contributed by atoms with E-state index in [1.54, 1.807) is 32.0 Å². The number of H-pyrrole nitrogens is 2. The van der Waals surface area contributed by atoms with E-state index in [2.05, 4.69) is 20.6 Å². The second kappa shape index (κ2) is 22.7. The van der Waals surface area contributed by atoms with Crippen molar-refractivity contribution < 1.29 is 66.7 Å². The molecule has 24 heteroatoms. The molecular formula is C60H64N10O14. The number of hydrogen-bond donors (Lipinski definition) is 4. The lowest BCUT2D eigenvalue weighted by atomic mass is 10.0. The van der Waals surface area contributed by atoms with Crippen molar-refractivity contribution in [2.45, 2.75) is 103 Å². The maximum Gasteiger partial charge on any atom is 0.410 e. The van der Waals surface area contributed by atoms with Gasteiger partial charge in [0, 0.05) is 50.8 Å². The monoisotopic (exact) mass is 1150 g/mol. The third-order valence-corrected chi connectivity index (χ3v) is 16.3. The summed E-state index contributed by atoms with van der Waals surface area (Å²) in [6, 6.07) is 20.3. The molecule has 6 aliphatic heterocycles. The van der Waals surface area contributed by atoms with Crippen molar-refractivity contribution in [2.24, 2.45) is 11.8 Å². The van der Waals surface area contributed by atoms with E-state index >= 15 is 0 Å². The zero-order valence-electron chi connectivity index (χ0n) is 47.2. The van der Waals surface area contributed by atoms with Crippen LogP contribution in [-0.2, 0) is 54.7 Å². The maximum absolute atomic E-state index is 14.4. The van der Waals surface area contributed by atoms with Crippen LogP contribution in [0.5, 0.6) is 23.0 Å². The fourth-order valence-electron chi connectivity index (χ4n) is 11.8. The highest BCUT2D eigenvalue weighted by Crippen LogP contribution is 2.42. The van der Waals surface area contributed by atoms with Gasteiger partial charge in [-0.25, -0.2) is 29.1 Å². The molecule has 2 fully saturated rings. The molecule has 6 amide bonds. The average molecular weight is 1150 g/mol. The number of amides is 6. The van der Waals surface area contributed by atoms with Crippen molar-refractivity contribution in [3.8, 4) is 56.6 Å².